The SMILES string of the molecule is Cn1nc(Cl)c2ccc(COc3cccc(C4CCN(COC(=O)c5ccc6ncn(CC7CCO7)c6c5)CC4)n3)cc21. The van der Waals surface area contributed by atoms with Gasteiger partial charge in [0.05, 0.1) is 41.1 Å². The van der Waals surface area contributed by atoms with Gasteiger partial charge in [-0.2, -0.15) is 5.10 Å². The standard InChI is InChI=1S/C32H33ClN6O4/c1-37-28-15-21(5-7-25(28)31(33)36-37)18-42-30-4-2-3-26(35-30)22-9-12-38(13-10-22)20-43-32(40)23-6-8-27-29(16-23)39(19-34-27)17-24-11-14-41-24/h2-8,15-16,19,22,24H,9-14,17-18,20H2,1H3. The minimum absolute atomic E-state index is 0.217. The van der Waals surface area contributed by atoms with Crippen molar-refractivity contribution >= 4 is 39.5 Å². The van der Waals surface area contributed by atoms with Gasteiger partial charge in [-0.15, -0.1) is 0 Å². The Hall–Kier alpha value is -3.99. The van der Waals surface area contributed by atoms with Gasteiger partial charge in [0, 0.05) is 49.8 Å². The van der Waals surface area contributed by atoms with Gasteiger partial charge in [0.15, 0.2) is 5.15 Å². The molecule has 3 aromatic heterocycles. The summed E-state index contributed by atoms with van der Waals surface area (Å²) in [6.07, 6.45) is 4.94. The summed E-state index contributed by atoms with van der Waals surface area (Å²) < 4.78 is 21.1. The summed E-state index contributed by atoms with van der Waals surface area (Å²) in [4.78, 5) is 24.3. The second-order valence-corrected chi connectivity index (χ2v) is 11.6. The molecule has 2 aliphatic rings. The minimum atomic E-state index is -0.325. The van der Waals surface area contributed by atoms with Gasteiger partial charge in [-0.05, 0) is 61.2 Å². The Kier molecular flexibility index (Phi) is 7.73. The molecular weight excluding hydrogens is 568 g/mol. The molecule has 5 aromatic rings. The molecule has 1 unspecified atom stereocenters. The van der Waals surface area contributed by atoms with Crippen molar-refractivity contribution in [1.29, 1.82) is 0 Å². The number of aromatic nitrogens is 5. The molecule has 2 aliphatic heterocycles. The second-order valence-electron chi connectivity index (χ2n) is 11.3. The molecule has 5 heterocycles. The summed E-state index contributed by atoms with van der Waals surface area (Å²) in [6, 6.07) is 17.5. The van der Waals surface area contributed by atoms with Gasteiger partial charge in [-0.25, -0.2) is 14.8 Å². The number of imidazole rings is 1. The number of carbonyl (C=O) groups excluding carboxylic acids is 1. The molecule has 43 heavy (non-hydrogen) atoms. The average Bonchev–Trinajstić information content (AvgIpc) is 3.55. The molecule has 11 heteroatoms. The third-order valence-electron chi connectivity index (χ3n) is 8.44. The van der Waals surface area contributed by atoms with Gasteiger partial charge in [0.1, 0.15) is 13.3 Å². The van der Waals surface area contributed by atoms with Crippen molar-refractivity contribution in [2.45, 2.75) is 44.4 Å². The van der Waals surface area contributed by atoms with E-state index in [2.05, 4.69) is 21.0 Å². The molecule has 0 saturated carbocycles. The van der Waals surface area contributed by atoms with E-state index in [9.17, 15) is 4.79 Å². The Bertz CT molecular complexity index is 1770. The third kappa shape index (κ3) is 5.95. The molecule has 0 amide bonds. The molecule has 10 nitrogen and oxygen atoms in total. The van der Waals surface area contributed by atoms with Crippen LogP contribution in [-0.4, -0.2) is 67.7 Å². The zero-order chi connectivity index (χ0) is 29.3. The normalized spacial score (nSPS) is 17.8. The number of hydrogen-bond donors (Lipinski definition) is 0. The van der Waals surface area contributed by atoms with Crippen LogP contribution in [0.1, 0.15) is 46.8 Å². The number of piperidine rings is 1. The van der Waals surface area contributed by atoms with Crippen molar-refractivity contribution in [3.05, 3.63) is 82.9 Å². The minimum Gasteiger partial charge on any atom is -0.473 e. The van der Waals surface area contributed by atoms with Crippen LogP contribution in [-0.2, 0) is 29.7 Å². The molecule has 1 atom stereocenters. The predicted octanol–water partition coefficient (Wildman–Crippen LogP) is 5.33. The quantitative estimate of drug-likeness (QED) is 0.209. The van der Waals surface area contributed by atoms with E-state index >= 15 is 0 Å². The lowest BCUT2D eigenvalue weighted by molar-refractivity contribution is -0.0586. The fourth-order valence-corrected chi connectivity index (χ4v) is 6.09. The number of halogens is 1. The Morgan fingerprint density at radius 3 is 2.74 bits per heavy atom. The lowest BCUT2D eigenvalue weighted by atomic mass is 9.93. The highest BCUT2D eigenvalue weighted by Crippen LogP contribution is 2.29. The summed E-state index contributed by atoms with van der Waals surface area (Å²) in [5.74, 6) is 0.607. The maximum absolute atomic E-state index is 12.9. The van der Waals surface area contributed by atoms with E-state index in [4.69, 9.17) is 30.8 Å². The van der Waals surface area contributed by atoms with Gasteiger partial charge in [0.25, 0.3) is 0 Å². The summed E-state index contributed by atoms with van der Waals surface area (Å²) in [5, 5.41) is 5.69. The van der Waals surface area contributed by atoms with E-state index in [0.29, 0.717) is 29.1 Å². The number of benzene rings is 2. The molecule has 2 aromatic carbocycles. The number of carbonyl (C=O) groups is 1. The zero-order valence-corrected chi connectivity index (χ0v) is 24.7. The van der Waals surface area contributed by atoms with Crippen molar-refractivity contribution in [2.75, 3.05) is 26.4 Å². The van der Waals surface area contributed by atoms with Crippen molar-refractivity contribution < 1.29 is 19.0 Å². The second kappa shape index (κ2) is 11.9. The predicted molar refractivity (Wildman–Crippen MR) is 162 cm³/mol. The van der Waals surface area contributed by atoms with E-state index in [0.717, 1.165) is 78.7 Å². The summed E-state index contributed by atoms with van der Waals surface area (Å²) in [7, 11) is 1.88. The van der Waals surface area contributed by atoms with Crippen molar-refractivity contribution in [2.24, 2.45) is 7.05 Å². The molecule has 0 bridgehead atoms. The molecule has 0 N–H and O–H groups in total. The number of pyridine rings is 1. The Morgan fingerprint density at radius 2 is 1.93 bits per heavy atom. The Labute approximate surface area is 254 Å². The van der Waals surface area contributed by atoms with Gasteiger partial charge in [-0.1, -0.05) is 23.7 Å². The molecule has 7 rings (SSSR count). The number of fused-ring (bicyclic) bond motifs is 2. The van der Waals surface area contributed by atoms with E-state index in [1.807, 2.05) is 60.4 Å². The number of nitrogens with zero attached hydrogens (tertiary/aromatic N) is 6. The van der Waals surface area contributed by atoms with Gasteiger partial charge in [-0.3, -0.25) is 9.58 Å². The number of esters is 1. The number of aryl methyl sites for hydroxylation is 1. The number of likely N-dealkylation sites (tertiary alicyclic amines) is 1. The summed E-state index contributed by atoms with van der Waals surface area (Å²) in [5.41, 5.74) is 5.33. The van der Waals surface area contributed by atoms with Gasteiger partial charge < -0.3 is 18.8 Å². The molecule has 2 fully saturated rings. The van der Waals surface area contributed by atoms with Gasteiger partial charge in [0.2, 0.25) is 5.88 Å². The first kappa shape index (κ1) is 27.8. The van der Waals surface area contributed by atoms with E-state index in [1.165, 1.54) is 0 Å². The van der Waals surface area contributed by atoms with E-state index in [-0.39, 0.29) is 18.8 Å². The highest BCUT2D eigenvalue weighted by molar-refractivity contribution is 6.34. The van der Waals surface area contributed by atoms with Crippen LogP contribution < -0.4 is 4.74 Å². The molecule has 0 radical (unpaired) electrons. The van der Waals surface area contributed by atoms with Crippen LogP contribution in [0.25, 0.3) is 21.9 Å². The van der Waals surface area contributed by atoms with Crippen LogP contribution in [0, 0.1) is 0 Å². The van der Waals surface area contributed by atoms with Crippen LogP contribution in [0.3, 0.4) is 0 Å². The highest BCUT2D eigenvalue weighted by atomic mass is 35.5. The van der Waals surface area contributed by atoms with Crippen LogP contribution >= 0.6 is 11.6 Å². The fourth-order valence-electron chi connectivity index (χ4n) is 5.81. The Balaban J connectivity index is 0.907. The molecular formula is C32H33ClN6O4. The number of rotatable bonds is 9. The van der Waals surface area contributed by atoms with Crippen molar-refractivity contribution in [3.63, 3.8) is 0 Å². The Morgan fingerprint density at radius 1 is 1.07 bits per heavy atom. The number of ether oxygens (including phenoxy) is 3. The topological polar surface area (TPSA) is 96.5 Å². The van der Waals surface area contributed by atoms with Crippen molar-refractivity contribution in [3.8, 4) is 5.88 Å². The lowest BCUT2D eigenvalue weighted by Crippen LogP contribution is -2.35. The lowest BCUT2D eigenvalue weighted by Gasteiger charge is -2.31. The smallest absolute Gasteiger partial charge is 0.339 e. The highest BCUT2D eigenvalue weighted by Gasteiger charge is 2.24. The first-order valence-electron chi connectivity index (χ1n) is 14.7. The van der Waals surface area contributed by atoms with E-state index in [1.54, 1.807) is 10.7 Å². The molecule has 222 valence electrons. The number of hydrogen-bond acceptors (Lipinski definition) is 8. The molecule has 2 saturated heterocycles. The summed E-state index contributed by atoms with van der Waals surface area (Å²) in [6.45, 7) is 3.87. The fraction of sp³-hybridized carbons (Fsp3) is 0.375. The maximum Gasteiger partial charge on any atom is 0.339 e. The monoisotopic (exact) mass is 600 g/mol. The van der Waals surface area contributed by atoms with Crippen LogP contribution in [0.5, 0.6) is 5.88 Å². The maximum atomic E-state index is 12.9. The summed E-state index contributed by atoms with van der Waals surface area (Å²) >= 11 is 6.19. The molecule has 0 aliphatic carbocycles. The van der Waals surface area contributed by atoms with Gasteiger partial charge >= 0.3 is 5.97 Å². The first-order valence-corrected chi connectivity index (χ1v) is 15.0. The molecule has 0 spiro atoms. The first-order chi connectivity index (χ1) is 21.0. The van der Waals surface area contributed by atoms with Crippen LogP contribution in [0.4, 0.5) is 0 Å². The van der Waals surface area contributed by atoms with Crippen molar-refractivity contribution in [1.82, 2.24) is 29.2 Å². The average molecular weight is 601 g/mol. The largest absolute Gasteiger partial charge is 0.473 e. The third-order valence-corrected chi connectivity index (χ3v) is 8.72. The van der Waals surface area contributed by atoms with E-state index < -0.39 is 0 Å². The van der Waals surface area contributed by atoms with Crippen LogP contribution in [0.2, 0.25) is 5.15 Å². The zero-order valence-electron chi connectivity index (χ0n) is 24.0. The van der Waals surface area contributed by atoms with Crippen LogP contribution in [0.15, 0.2) is 60.9 Å².